The van der Waals surface area contributed by atoms with Crippen LogP contribution in [0.3, 0.4) is 0 Å². The molecule has 38 heavy (non-hydrogen) atoms. The SMILES string of the molecule is O=C(OCCOC12C(F)(F)C3(F)C(F)(F)C(F)(C(F)(F)C(F)(C3(F)F)C1(F)F)C2(F)F)C(F)(F)SOO[O-]. The Labute approximate surface area is 199 Å². The average Bonchev–Trinajstić information content (AvgIpc) is 2.77. The van der Waals surface area contributed by atoms with Crippen LogP contribution in [0.15, 0.2) is 0 Å². The summed E-state index contributed by atoms with van der Waals surface area (Å²) in [5, 5.41) is 6.84. The Kier molecular flexibility index (Phi) is 6.20. The van der Waals surface area contributed by atoms with Crippen LogP contribution < -0.4 is 5.26 Å². The normalized spacial score (nSPS) is 40.7. The number of esters is 1. The molecule has 0 aliphatic heterocycles. The maximum absolute atomic E-state index is 14.8. The highest BCUT2D eigenvalue weighted by Crippen LogP contribution is 2.88. The molecule has 24 heteroatoms. The van der Waals surface area contributed by atoms with Crippen LogP contribution in [0.25, 0.3) is 0 Å². The van der Waals surface area contributed by atoms with Crippen LogP contribution in [0, 0.1) is 0 Å². The van der Waals surface area contributed by atoms with Gasteiger partial charge in [0.1, 0.15) is 18.6 Å². The molecule has 4 saturated carbocycles. The third-order valence-corrected chi connectivity index (χ3v) is 6.76. The van der Waals surface area contributed by atoms with Gasteiger partial charge >= 0.3 is 63.8 Å². The van der Waals surface area contributed by atoms with Gasteiger partial charge in [-0.1, -0.05) is 0 Å². The quantitative estimate of drug-likeness (QED) is 0.102. The second kappa shape index (κ2) is 7.60. The van der Waals surface area contributed by atoms with Crippen LogP contribution in [0.5, 0.6) is 0 Å². The highest BCUT2D eigenvalue weighted by Gasteiger charge is 3.23. The van der Waals surface area contributed by atoms with Crippen molar-refractivity contribution in [3.05, 3.63) is 0 Å². The van der Waals surface area contributed by atoms with Gasteiger partial charge in [0.05, 0.1) is 6.61 Å². The third-order valence-electron chi connectivity index (χ3n) is 6.26. The Morgan fingerprint density at radius 3 is 1.29 bits per heavy atom. The molecular weight excluding hydrogens is 619 g/mol. The summed E-state index contributed by atoms with van der Waals surface area (Å²) in [6.07, 6.45) is 0. The smallest absolute Gasteiger partial charge is 0.415 e. The molecule has 0 radical (unpaired) electrons. The molecule has 0 amide bonds. The third kappa shape index (κ3) is 2.45. The lowest BCUT2D eigenvalue weighted by molar-refractivity contribution is -0.777. The van der Waals surface area contributed by atoms with E-state index in [0.717, 1.165) is 0 Å². The Bertz CT molecular complexity index is 906. The van der Waals surface area contributed by atoms with Gasteiger partial charge in [-0.25, -0.2) is 18.0 Å². The summed E-state index contributed by atoms with van der Waals surface area (Å²) in [5.74, 6) is -50.6. The van der Waals surface area contributed by atoms with E-state index in [4.69, 9.17) is 0 Å². The maximum atomic E-state index is 14.8. The van der Waals surface area contributed by atoms with Crippen LogP contribution in [0.2, 0.25) is 0 Å². The van der Waals surface area contributed by atoms with E-state index in [9.17, 15) is 84.7 Å². The Balaban J connectivity index is 2.17. The van der Waals surface area contributed by atoms with Gasteiger partial charge in [0.15, 0.2) is 0 Å². The molecule has 4 rings (SSSR count). The van der Waals surface area contributed by atoms with Crippen molar-refractivity contribution in [3.63, 3.8) is 0 Å². The van der Waals surface area contributed by atoms with Gasteiger partial charge in [0.2, 0.25) is 0 Å². The first-order chi connectivity index (χ1) is 16.7. The second-order valence-corrected chi connectivity index (χ2v) is 8.64. The maximum Gasteiger partial charge on any atom is 0.415 e. The topological polar surface area (TPSA) is 77.1 Å². The van der Waals surface area contributed by atoms with Crippen molar-refractivity contribution in [2.45, 2.75) is 63.4 Å². The van der Waals surface area contributed by atoms with Crippen molar-refractivity contribution in [3.8, 4) is 0 Å². The zero-order chi connectivity index (χ0) is 30.0. The summed E-state index contributed by atoms with van der Waals surface area (Å²) in [6.45, 7) is -5.02. The van der Waals surface area contributed by atoms with Gasteiger partial charge in [-0.05, 0) is 0 Å². The fourth-order valence-electron chi connectivity index (χ4n) is 4.58. The highest BCUT2D eigenvalue weighted by atomic mass is 32.2. The molecule has 0 aromatic rings. The largest absolute Gasteiger partial charge is 0.691 e. The van der Waals surface area contributed by atoms with E-state index in [0.29, 0.717) is 0 Å². The molecule has 4 bridgehead atoms. The molecule has 4 fully saturated rings. The number of rotatable bonds is 8. The second-order valence-electron chi connectivity index (χ2n) is 7.82. The van der Waals surface area contributed by atoms with Gasteiger partial charge in [0.25, 0.3) is 5.60 Å². The lowest BCUT2D eigenvalue weighted by Gasteiger charge is -2.74. The van der Waals surface area contributed by atoms with Gasteiger partial charge in [0, 0.05) is 0 Å². The van der Waals surface area contributed by atoms with Crippen molar-refractivity contribution >= 4 is 18.0 Å². The monoisotopic (exact) mass is 623 g/mol. The van der Waals surface area contributed by atoms with E-state index in [1.54, 1.807) is 0 Å². The molecular formula is C14H4F17O6S-. The predicted octanol–water partition coefficient (Wildman–Crippen LogP) is 3.73. The first kappa shape index (κ1) is 31.0. The molecule has 222 valence electrons. The number of ether oxygens (including phenoxy) is 2. The van der Waals surface area contributed by atoms with Gasteiger partial charge in [-0.15, -0.1) is 0 Å². The van der Waals surface area contributed by atoms with E-state index in [1.165, 1.54) is 0 Å². The van der Waals surface area contributed by atoms with Gasteiger partial charge in [-0.3, -0.25) is 5.04 Å². The number of hydrogen-bond donors (Lipinski definition) is 0. The van der Waals surface area contributed by atoms with Crippen LogP contribution in [0.1, 0.15) is 0 Å². The first-order valence-electron chi connectivity index (χ1n) is 8.86. The molecule has 6 nitrogen and oxygen atoms in total. The minimum Gasteiger partial charge on any atom is -0.691 e. The van der Waals surface area contributed by atoms with Crippen LogP contribution in [-0.2, 0) is 23.6 Å². The van der Waals surface area contributed by atoms with Crippen LogP contribution in [-0.4, -0.2) is 82.6 Å². The molecule has 0 spiro atoms. The summed E-state index contributed by atoms with van der Waals surface area (Å²) in [5.41, 5.74) is -31.0. The van der Waals surface area contributed by atoms with Crippen molar-refractivity contribution in [2.24, 2.45) is 0 Å². The fraction of sp³-hybridized carbons (Fsp3) is 0.929. The van der Waals surface area contributed by atoms with E-state index < -0.39 is 94.6 Å². The summed E-state index contributed by atoms with van der Waals surface area (Å²) in [4.78, 5) is 11.1. The summed E-state index contributed by atoms with van der Waals surface area (Å²) in [6, 6.07) is 0. The van der Waals surface area contributed by atoms with Crippen molar-refractivity contribution in [1.82, 2.24) is 0 Å². The molecule has 0 unspecified atom stereocenters. The molecule has 0 heterocycles. The zero-order valence-corrected chi connectivity index (χ0v) is 17.5. The average molecular weight is 623 g/mol. The lowest BCUT2D eigenvalue weighted by Crippen LogP contribution is -3.10. The first-order valence-corrected chi connectivity index (χ1v) is 9.60. The minimum absolute atomic E-state index is 1.45. The molecule has 4 aliphatic carbocycles. The molecule has 4 aliphatic rings. The summed E-state index contributed by atoms with van der Waals surface area (Å²) < 4.78 is 254. The van der Waals surface area contributed by atoms with Crippen molar-refractivity contribution in [1.29, 1.82) is 0 Å². The summed E-state index contributed by atoms with van der Waals surface area (Å²) >= 11 is -1.45. The zero-order valence-electron chi connectivity index (χ0n) is 16.7. The Morgan fingerprint density at radius 1 is 0.632 bits per heavy atom. The van der Waals surface area contributed by atoms with E-state index >= 15 is 0 Å². The van der Waals surface area contributed by atoms with Crippen molar-refractivity contribution in [2.75, 3.05) is 13.2 Å². The Hall–Kier alpha value is -1.53. The molecule has 0 atom stereocenters. The molecule has 0 N–H and O–H groups in total. The number of carbonyl (C=O) groups is 1. The van der Waals surface area contributed by atoms with E-state index in [2.05, 4.69) is 18.8 Å². The number of halogens is 17. The van der Waals surface area contributed by atoms with E-state index in [1.807, 2.05) is 0 Å². The fourth-order valence-corrected chi connectivity index (χ4v) is 4.82. The van der Waals surface area contributed by atoms with Gasteiger partial charge < -0.3 is 14.7 Å². The highest BCUT2D eigenvalue weighted by molar-refractivity contribution is 7.96. The molecule has 0 aromatic heterocycles. The molecule has 0 aromatic carbocycles. The van der Waals surface area contributed by atoms with Crippen LogP contribution >= 0.6 is 12.0 Å². The van der Waals surface area contributed by atoms with Crippen molar-refractivity contribution < 1.29 is 104 Å². The number of carbonyl (C=O) groups excluding carboxylic acids is 1. The lowest BCUT2D eigenvalue weighted by atomic mass is 9.40. The van der Waals surface area contributed by atoms with E-state index in [-0.39, 0.29) is 0 Å². The summed E-state index contributed by atoms with van der Waals surface area (Å²) in [7, 11) is 0. The van der Waals surface area contributed by atoms with Crippen LogP contribution in [0.4, 0.5) is 74.6 Å². The standard InChI is InChI=1S/C14H5F17O6S/c15-4(16,38-37-36-33)3(32)34-1-2-35-8-12(26,27)5(17)9(20,21)6(18,13(8,28)29)11(24,25)7(19,10(5,22)23)14(8,30)31/h33H,1-2H2/p-1. The van der Waals surface area contributed by atoms with Gasteiger partial charge in [-0.2, -0.15) is 65.8 Å². The Morgan fingerprint density at radius 2 is 0.974 bits per heavy atom. The number of alkyl halides is 17. The minimum atomic E-state index is -8.02. The molecule has 0 saturated heterocycles. The number of hydrogen-bond acceptors (Lipinski definition) is 7. The predicted molar refractivity (Wildman–Crippen MR) is 75.5 cm³/mol.